The van der Waals surface area contributed by atoms with Crippen molar-refractivity contribution in [2.24, 2.45) is 17.3 Å². The molecule has 0 bridgehead atoms. The van der Waals surface area contributed by atoms with Gasteiger partial charge in [-0.1, -0.05) is 31.2 Å². The lowest BCUT2D eigenvalue weighted by atomic mass is 9.53. The molecule has 0 radical (unpaired) electrons. The minimum Gasteiger partial charge on any atom is -0.458 e. The van der Waals surface area contributed by atoms with Crippen molar-refractivity contribution < 1.29 is 38.4 Å². The van der Waals surface area contributed by atoms with Crippen LogP contribution in [0.2, 0.25) is 0 Å². The van der Waals surface area contributed by atoms with Gasteiger partial charge in [-0.15, -0.1) is 0 Å². The Kier molecular flexibility index (Phi) is 5.61. The molecule has 8 heteroatoms. The molecule has 3 fully saturated rings. The number of rotatable bonds is 4. The van der Waals surface area contributed by atoms with Crippen molar-refractivity contribution in [3.05, 3.63) is 35.5 Å². The largest absolute Gasteiger partial charge is 0.458 e. The average Bonchev–Trinajstić information content (AvgIpc) is 3.29. The molecule has 2 aliphatic heterocycles. The highest BCUT2D eigenvalue weighted by atomic mass is 16.7. The van der Waals surface area contributed by atoms with Crippen LogP contribution in [0.5, 0.6) is 0 Å². The molecule has 1 saturated carbocycles. The first-order valence-corrected chi connectivity index (χ1v) is 11.3. The minimum absolute atomic E-state index is 0.158. The highest BCUT2D eigenvalue weighted by Gasteiger charge is 2.68. The van der Waals surface area contributed by atoms with Gasteiger partial charge in [0, 0.05) is 28.9 Å². The quantitative estimate of drug-likeness (QED) is 0.224. The Bertz CT molecular complexity index is 979. The van der Waals surface area contributed by atoms with Gasteiger partial charge >= 0.3 is 17.9 Å². The van der Waals surface area contributed by atoms with Gasteiger partial charge in [-0.05, 0) is 34.6 Å². The van der Waals surface area contributed by atoms with E-state index in [-0.39, 0.29) is 11.7 Å². The molecule has 33 heavy (non-hydrogen) atoms. The number of esters is 3. The second-order valence-corrected chi connectivity index (χ2v) is 10.00. The summed E-state index contributed by atoms with van der Waals surface area (Å²) in [5, 5.41) is 11.7. The third kappa shape index (κ3) is 3.37. The predicted octanol–water partition coefficient (Wildman–Crippen LogP) is 2.40. The molecule has 0 aromatic carbocycles. The predicted molar refractivity (Wildman–Crippen MR) is 117 cm³/mol. The number of allylic oxidation sites excluding steroid dienone is 1. The highest BCUT2D eigenvalue weighted by molar-refractivity contribution is 5.91. The maximum atomic E-state index is 12.9. The van der Waals surface area contributed by atoms with Gasteiger partial charge in [0.15, 0.2) is 5.60 Å². The van der Waals surface area contributed by atoms with Crippen LogP contribution in [-0.4, -0.2) is 59.1 Å². The van der Waals surface area contributed by atoms with Crippen LogP contribution in [0.15, 0.2) is 35.5 Å². The van der Waals surface area contributed by atoms with E-state index in [2.05, 4.69) is 6.58 Å². The van der Waals surface area contributed by atoms with Crippen molar-refractivity contribution in [2.45, 2.75) is 84.1 Å². The van der Waals surface area contributed by atoms with E-state index in [1.54, 1.807) is 40.7 Å². The molecular weight excluding hydrogens is 428 g/mol. The van der Waals surface area contributed by atoms with Crippen molar-refractivity contribution in [3.63, 3.8) is 0 Å². The maximum absolute atomic E-state index is 12.9. The number of hydrogen-bond donors (Lipinski definition) is 1. The summed E-state index contributed by atoms with van der Waals surface area (Å²) in [5.74, 6) is -2.85. The topological polar surface area (TPSA) is 112 Å². The number of fused-ring (bicyclic) bond motifs is 3. The Morgan fingerprint density at radius 1 is 1.30 bits per heavy atom. The van der Waals surface area contributed by atoms with E-state index in [1.165, 1.54) is 0 Å². The molecule has 180 valence electrons. The molecule has 0 spiro atoms. The first kappa shape index (κ1) is 23.7. The SMILES string of the molecule is C=C1C(=O)O[C@@H]2[C@H]1[C@H](OC(=O)[C@@]1(C)O[C@@H]1C)[C@H](O)[C@]1(C)[C@@H]2C(C)=CC[C@H]1OC(=O)/C(C)=C\C. The lowest BCUT2D eigenvalue weighted by Crippen LogP contribution is -2.66. The lowest BCUT2D eigenvalue weighted by Gasteiger charge is -2.56. The number of carbonyl (C=O) groups excluding carboxylic acids is 3. The van der Waals surface area contributed by atoms with E-state index in [4.69, 9.17) is 18.9 Å². The Hall–Kier alpha value is -2.45. The van der Waals surface area contributed by atoms with Crippen LogP contribution in [0.3, 0.4) is 0 Å². The molecular formula is C25H32O8. The normalized spacial score (nSPS) is 44.3. The summed E-state index contributed by atoms with van der Waals surface area (Å²) in [6.07, 6.45) is -0.108. The first-order chi connectivity index (χ1) is 15.4. The van der Waals surface area contributed by atoms with E-state index >= 15 is 0 Å². The fraction of sp³-hybridized carbons (Fsp3) is 0.640. The Labute approximate surface area is 193 Å². The van der Waals surface area contributed by atoms with Crippen molar-refractivity contribution >= 4 is 17.9 Å². The fourth-order valence-electron chi connectivity index (χ4n) is 5.61. The second kappa shape index (κ2) is 7.81. The fourth-order valence-corrected chi connectivity index (χ4v) is 5.61. The summed E-state index contributed by atoms with van der Waals surface area (Å²) in [6, 6.07) is 0. The van der Waals surface area contributed by atoms with E-state index in [0.717, 1.165) is 5.57 Å². The number of ether oxygens (including phenoxy) is 4. The minimum atomic E-state index is -1.25. The van der Waals surface area contributed by atoms with E-state index < -0.39 is 65.2 Å². The molecule has 4 rings (SSSR count). The van der Waals surface area contributed by atoms with Crippen molar-refractivity contribution in [2.75, 3.05) is 0 Å². The number of hydrogen-bond acceptors (Lipinski definition) is 8. The van der Waals surface area contributed by atoms with Gasteiger partial charge in [0.1, 0.15) is 24.4 Å². The molecule has 8 nitrogen and oxygen atoms in total. The first-order valence-electron chi connectivity index (χ1n) is 11.3. The molecule has 1 N–H and O–H groups in total. The molecule has 0 aromatic rings. The number of epoxide rings is 1. The highest BCUT2D eigenvalue weighted by Crippen LogP contribution is 2.58. The van der Waals surface area contributed by atoms with E-state index in [1.807, 2.05) is 13.0 Å². The van der Waals surface area contributed by atoms with Gasteiger partial charge in [-0.2, -0.15) is 0 Å². The van der Waals surface area contributed by atoms with Crippen LogP contribution >= 0.6 is 0 Å². The van der Waals surface area contributed by atoms with Crippen LogP contribution in [0.25, 0.3) is 0 Å². The van der Waals surface area contributed by atoms with Crippen molar-refractivity contribution in [1.29, 1.82) is 0 Å². The van der Waals surface area contributed by atoms with Crippen LogP contribution in [0.4, 0.5) is 0 Å². The van der Waals surface area contributed by atoms with Crippen LogP contribution in [0.1, 0.15) is 48.0 Å². The maximum Gasteiger partial charge on any atom is 0.341 e. The Balaban J connectivity index is 1.75. The van der Waals surface area contributed by atoms with E-state index in [0.29, 0.717) is 12.0 Å². The Morgan fingerprint density at radius 3 is 2.52 bits per heavy atom. The molecule has 0 aromatic heterocycles. The van der Waals surface area contributed by atoms with Crippen molar-refractivity contribution in [3.8, 4) is 0 Å². The number of aliphatic hydroxyl groups excluding tert-OH is 1. The smallest absolute Gasteiger partial charge is 0.341 e. The van der Waals surface area contributed by atoms with Crippen LogP contribution in [0, 0.1) is 17.3 Å². The van der Waals surface area contributed by atoms with Gasteiger partial charge in [0.2, 0.25) is 0 Å². The third-order valence-corrected chi connectivity index (χ3v) is 8.19. The summed E-state index contributed by atoms with van der Waals surface area (Å²) in [4.78, 5) is 38.1. The third-order valence-electron chi connectivity index (χ3n) is 8.19. The molecule has 9 atom stereocenters. The average molecular weight is 461 g/mol. The van der Waals surface area contributed by atoms with Crippen LogP contribution in [-0.2, 0) is 33.3 Å². The Morgan fingerprint density at radius 2 is 1.94 bits per heavy atom. The van der Waals surface area contributed by atoms with Crippen LogP contribution < -0.4 is 0 Å². The summed E-state index contributed by atoms with van der Waals surface area (Å²) >= 11 is 0. The summed E-state index contributed by atoms with van der Waals surface area (Å²) < 4.78 is 22.8. The molecule has 0 amide bonds. The summed E-state index contributed by atoms with van der Waals surface area (Å²) in [5.41, 5.74) is -0.655. The molecule has 2 aliphatic carbocycles. The standard InChI is InChI=1S/C25H32O8/c1-8-11(2)21(27)30-15-10-9-12(3)17-18-16(13(4)22(28)31-18)19(20(26)24(15,17)6)32-23(29)25(7)14(5)33-25/h8-9,14-20,26H,4,10H2,1-3,5-7H3/b11-8-/t14-,15-,16+,17-,18-,19+,20+,24+,25+/m1/s1. The zero-order chi connectivity index (χ0) is 24.5. The summed E-state index contributed by atoms with van der Waals surface area (Å²) in [6.45, 7) is 14.4. The summed E-state index contributed by atoms with van der Waals surface area (Å²) in [7, 11) is 0. The lowest BCUT2D eigenvalue weighted by molar-refractivity contribution is -0.225. The monoisotopic (exact) mass is 460 g/mol. The van der Waals surface area contributed by atoms with Gasteiger partial charge in [-0.3, -0.25) is 0 Å². The van der Waals surface area contributed by atoms with Crippen molar-refractivity contribution in [1.82, 2.24) is 0 Å². The van der Waals surface area contributed by atoms with E-state index in [9.17, 15) is 19.5 Å². The molecule has 2 heterocycles. The number of aliphatic hydroxyl groups is 1. The zero-order valence-corrected chi connectivity index (χ0v) is 19.9. The van der Waals surface area contributed by atoms with Gasteiger partial charge < -0.3 is 24.1 Å². The zero-order valence-electron chi connectivity index (χ0n) is 19.9. The molecule has 2 saturated heterocycles. The van der Waals surface area contributed by atoms with Gasteiger partial charge in [-0.25, -0.2) is 14.4 Å². The van der Waals surface area contributed by atoms with Gasteiger partial charge in [0.05, 0.1) is 12.0 Å². The second-order valence-electron chi connectivity index (χ2n) is 10.00. The van der Waals surface area contributed by atoms with Gasteiger partial charge in [0.25, 0.3) is 0 Å². The molecule has 4 aliphatic rings. The number of carbonyl (C=O) groups is 3. The molecule has 0 unspecified atom stereocenters.